The maximum atomic E-state index is 14.4. The van der Waals surface area contributed by atoms with Crippen LogP contribution in [0.4, 0.5) is 4.79 Å². The van der Waals surface area contributed by atoms with Crippen molar-refractivity contribution >= 4 is 29.5 Å². The first kappa shape index (κ1) is 35.4. The third kappa shape index (κ3) is 8.88. The van der Waals surface area contributed by atoms with Gasteiger partial charge in [-0.1, -0.05) is 97.6 Å². The van der Waals surface area contributed by atoms with Crippen LogP contribution >= 0.6 is 0 Å². The van der Waals surface area contributed by atoms with E-state index in [1.807, 2.05) is 52.8 Å². The zero-order valence-electron chi connectivity index (χ0n) is 28.6. The maximum absolute atomic E-state index is 14.4. The first-order valence-corrected chi connectivity index (χ1v) is 17.2. The smallest absolute Gasteiger partial charge is 0.315 e. The lowest BCUT2D eigenvalue weighted by molar-refractivity contribution is -0.144. The number of urea groups is 1. The van der Waals surface area contributed by atoms with Crippen molar-refractivity contribution in [3.63, 3.8) is 0 Å². The molecule has 3 aliphatic rings. The summed E-state index contributed by atoms with van der Waals surface area (Å²) in [6.45, 7) is 12.3. The van der Waals surface area contributed by atoms with Crippen LogP contribution in [0.25, 0.3) is 0 Å². The SMILES string of the molecule is CC1CCCC(Cc2ccccc2)(NC(=O)N[C@H](C(=O)N2CCC(C(C)C)[C@H]2C(=O)NC(CC2CC2)C(=O)C(N)=O)C(C)(C)C)C1. The summed E-state index contributed by atoms with van der Waals surface area (Å²) < 4.78 is 0. The molecule has 2 saturated carbocycles. The largest absolute Gasteiger partial charge is 0.363 e. The third-order valence-electron chi connectivity index (χ3n) is 10.2. The molecule has 10 nitrogen and oxygen atoms in total. The third-order valence-corrected chi connectivity index (χ3v) is 10.2. The van der Waals surface area contributed by atoms with Crippen LogP contribution in [0, 0.1) is 29.1 Å². The summed E-state index contributed by atoms with van der Waals surface area (Å²) in [6.07, 6.45) is 7.37. The lowest BCUT2D eigenvalue weighted by atomic mass is 9.73. The molecule has 6 atom stereocenters. The Hall–Kier alpha value is -3.43. The van der Waals surface area contributed by atoms with Gasteiger partial charge in [0.25, 0.3) is 5.91 Å². The Morgan fingerprint density at radius 1 is 1.00 bits per heavy atom. The van der Waals surface area contributed by atoms with Crippen molar-refractivity contribution in [2.45, 2.75) is 123 Å². The van der Waals surface area contributed by atoms with Crippen molar-refractivity contribution in [3.05, 3.63) is 35.9 Å². The lowest BCUT2D eigenvalue weighted by Gasteiger charge is -2.42. The number of likely N-dealkylation sites (tertiary alicyclic amines) is 1. The Bertz CT molecular complexity index is 1270. The molecule has 0 bridgehead atoms. The maximum Gasteiger partial charge on any atom is 0.315 e. The van der Waals surface area contributed by atoms with E-state index < -0.39 is 52.7 Å². The predicted octanol–water partition coefficient (Wildman–Crippen LogP) is 4.10. The number of ketones is 1. The Kier molecular flexibility index (Phi) is 11.2. The van der Waals surface area contributed by atoms with Crippen LogP contribution in [0.1, 0.15) is 98.5 Å². The van der Waals surface area contributed by atoms with Gasteiger partial charge in [0.15, 0.2) is 0 Å². The molecule has 2 aliphatic carbocycles. The topological polar surface area (TPSA) is 151 Å². The first-order chi connectivity index (χ1) is 21.6. The molecule has 46 heavy (non-hydrogen) atoms. The lowest BCUT2D eigenvalue weighted by Crippen LogP contribution is -2.63. The number of rotatable bonds is 12. The molecule has 10 heteroatoms. The number of primary amides is 1. The van der Waals surface area contributed by atoms with Gasteiger partial charge in [0.2, 0.25) is 17.6 Å². The van der Waals surface area contributed by atoms with Crippen LogP contribution in [-0.2, 0) is 25.6 Å². The predicted molar refractivity (Wildman–Crippen MR) is 177 cm³/mol. The van der Waals surface area contributed by atoms with Gasteiger partial charge in [-0.25, -0.2) is 4.79 Å². The van der Waals surface area contributed by atoms with Gasteiger partial charge in [0, 0.05) is 12.1 Å². The van der Waals surface area contributed by atoms with Crippen LogP contribution in [0.5, 0.6) is 0 Å². The molecule has 3 fully saturated rings. The molecular weight excluding hydrogens is 582 g/mol. The van der Waals surface area contributed by atoms with Gasteiger partial charge < -0.3 is 26.6 Å². The Morgan fingerprint density at radius 2 is 1.67 bits per heavy atom. The fourth-order valence-electron chi connectivity index (χ4n) is 7.63. The zero-order valence-corrected chi connectivity index (χ0v) is 28.6. The van der Waals surface area contributed by atoms with E-state index in [2.05, 4.69) is 35.0 Å². The van der Waals surface area contributed by atoms with Crippen molar-refractivity contribution < 1.29 is 24.0 Å². The summed E-state index contributed by atoms with van der Waals surface area (Å²) >= 11 is 0. The molecule has 0 spiro atoms. The van der Waals surface area contributed by atoms with E-state index >= 15 is 0 Å². The van der Waals surface area contributed by atoms with E-state index in [1.165, 1.54) is 0 Å². The van der Waals surface area contributed by atoms with E-state index in [1.54, 1.807) is 4.90 Å². The van der Waals surface area contributed by atoms with Crippen LogP contribution in [0.15, 0.2) is 30.3 Å². The number of nitrogens with one attached hydrogen (secondary N) is 3. The van der Waals surface area contributed by atoms with Crippen molar-refractivity contribution in [2.24, 2.45) is 34.8 Å². The van der Waals surface area contributed by atoms with E-state index in [0.717, 1.165) is 44.1 Å². The highest BCUT2D eigenvalue weighted by atomic mass is 16.2. The summed E-state index contributed by atoms with van der Waals surface area (Å²) in [5, 5.41) is 9.15. The van der Waals surface area contributed by atoms with Gasteiger partial charge in [0.05, 0.1) is 6.04 Å². The van der Waals surface area contributed by atoms with Crippen molar-refractivity contribution in [2.75, 3.05) is 6.54 Å². The minimum Gasteiger partial charge on any atom is -0.363 e. The molecule has 1 saturated heterocycles. The number of carbonyl (C=O) groups excluding carboxylic acids is 5. The van der Waals surface area contributed by atoms with Crippen LogP contribution in [-0.4, -0.2) is 64.6 Å². The average molecular weight is 638 g/mol. The molecule has 1 heterocycles. The summed E-state index contributed by atoms with van der Waals surface area (Å²) in [5.74, 6) is -2.03. The van der Waals surface area contributed by atoms with Gasteiger partial charge in [-0.2, -0.15) is 0 Å². The first-order valence-electron chi connectivity index (χ1n) is 17.2. The second-order valence-corrected chi connectivity index (χ2v) is 15.7. The van der Waals surface area contributed by atoms with E-state index in [4.69, 9.17) is 5.73 Å². The number of carbonyl (C=O) groups is 5. The Labute approximate surface area is 274 Å². The monoisotopic (exact) mass is 637 g/mol. The van der Waals surface area contributed by atoms with Gasteiger partial charge in [-0.3, -0.25) is 19.2 Å². The second-order valence-electron chi connectivity index (χ2n) is 15.7. The van der Waals surface area contributed by atoms with E-state index in [-0.39, 0.29) is 23.7 Å². The van der Waals surface area contributed by atoms with E-state index in [0.29, 0.717) is 31.7 Å². The average Bonchev–Trinajstić information content (AvgIpc) is 3.67. The zero-order chi connectivity index (χ0) is 33.8. The van der Waals surface area contributed by atoms with Crippen LogP contribution in [0.3, 0.4) is 0 Å². The molecular formula is C36H55N5O5. The highest BCUT2D eigenvalue weighted by Gasteiger charge is 2.48. The van der Waals surface area contributed by atoms with Crippen LogP contribution < -0.4 is 21.7 Å². The van der Waals surface area contributed by atoms with Crippen LogP contribution in [0.2, 0.25) is 0 Å². The molecule has 1 aromatic rings. The van der Waals surface area contributed by atoms with Gasteiger partial charge in [0.1, 0.15) is 12.1 Å². The van der Waals surface area contributed by atoms with Crippen molar-refractivity contribution in [1.82, 2.24) is 20.9 Å². The molecule has 1 aromatic carbocycles. The number of nitrogens with zero attached hydrogens (tertiary/aromatic N) is 1. The Balaban J connectivity index is 1.54. The summed E-state index contributed by atoms with van der Waals surface area (Å²) in [4.78, 5) is 68.1. The van der Waals surface area contributed by atoms with Gasteiger partial charge >= 0.3 is 6.03 Å². The molecule has 1 aliphatic heterocycles. The highest BCUT2D eigenvalue weighted by molar-refractivity contribution is 6.37. The molecule has 5 amide bonds. The molecule has 0 aromatic heterocycles. The number of amides is 5. The quantitative estimate of drug-likeness (QED) is 0.255. The molecule has 5 N–H and O–H groups in total. The van der Waals surface area contributed by atoms with E-state index in [9.17, 15) is 24.0 Å². The molecule has 0 radical (unpaired) electrons. The standard InChI is InChI=1S/C36H55N5O5/c1-22(2)26-16-18-41(28(26)32(44)38-27(19-24-14-15-24)29(42)31(37)43)33(45)30(35(4,5)6)39-34(46)40-36(17-10-11-23(3)20-36)21-25-12-8-7-9-13-25/h7-9,12-13,22-24,26-28,30H,10-11,14-21H2,1-6H3,(H2,37,43)(H,38,44)(H2,39,40,46)/t23?,26?,27?,28-,30+,36?/m0/s1. The summed E-state index contributed by atoms with van der Waals surface area (Å²) in [6, 6.07) is 7.02. The summed E-state index contributed by atoms with van der Waals surface area (Å²) in [5.41, 5.74) is 5.39. The number of benzene rings is 1. The number of nitrogens with two attached hydrogens (primary N) is 1. The summed E-state index contributed by atoms with van der Waals surface area (Å²) in [7, 11) is 0. The Morgan fingerprint density at radius 3 is 2.24 bits per heavy atom. The van der Waals surface area contributed by atoms with Crippen molar-refractivity contribution in [3.8, 4) is 0 Å². The fraction of sp³-hybridized carbons (Fsp3) is 0.694. The second kappa shape index (κ2) is 14.6. The van der Waals surface area contributed by atoms with Gasteiger partial charge in [-0.15, -0.1) is 0 Å². The molecule has 4 unspecified atom stereocenters. The number of hydrogen-bond acceptors (Lipinski definition) is 5. The number of hydrogen-bond donors (Lipinski definition) is 4. The van der Waals surface area contributed by atoms with Crippen molar-refractivity contribution in [1.29, 1.82) is 0 Å². The normalized spacial score (nSPS) is 26.2. The molecule has 4 rings (SSSR count). The fourth-order valence-corrected chi connectivity index (χ4v) is 7.63. The van der Waals surface area contributed by atoms with Gasteiger partial charge in [-0.05, 0) is 66.8 Å². The minimum atomic E-state index is -1.08. The molecule has 254 valence electrons. The highest BCUT2D eigenvalue weighted by Crippen LogP contribution is 2.37. The number of Topliss-reactive ketones (excluding diaryl/α,β-unsaturated/α-hetero) is 1. The minimum absolute atomic E-state index is 0.0813.